The largest absolute Gasteiger partial charge is 0.198 e. The fraction of sp³-hybridized carbons (Fsp3) is 0.250. The van der Waals surface area contributed by atoms with Crippen LogP contribution < -0.4 is 0 Å². The van der Waals surface area contributed by atoms with Gasteiger partial charge in [-0.15, -0.1) is 0 Å². The predicted molar refractivity (Wildman–Crippen MR) is 57.1 cm³/mol. The maximum Gasteiger partial charge on any atom is 0.0621 e. The molecule has 0 fully saturated rings. The van der Waals surface area contributed by atoms with Gasteiger partial charge in [-0.05, 0) is 12.0 Å². The van der Waals surface area contributed by atoms with Crippen molar-refractivity contribution in [3.05, 3.63) is 42.5 Å². The Labute approximate surface area is 80.3 Å². The number of unbranched alkanes of at least 4 members (excludes halogenated alkanes) is 1. The van der Waals surface area contributed by atoms with E-state index in [4.69, 9.17) is 5.26 Å². The van der Waals surface area contributed by atoms with Crippen LogP contribution in [0.15, 0.2) is 36.9 Å². The predicted octanol–water partition coefficient (Wildman–Crippen LogP) is 3.64. The summed E-state index contributed by atoms with van der Waals surface area (Å²) in [6.45, 7) is 5.62. The molecule has 0 spiro atoms. The standard InChI is InChI=1S/C8H8.C4H7N/c1-2-8-6-4-3-5-7-8;1-2-3-4-5/h2-7H,1H2;2-3H2,1H3. The van der Waals surface area contributed by atoms with Crippen molar-refractivity contribution < 1.29 is 0 Å². The Balaban J connectivity index is 0.000000252. The van der Waals surface area contributed by atoms with Gasteiger partial charge in [0.2, 0.25) is 0 Å². The van der Waals surface area contributed by atoms with Gasteiger partial charge in [0, 0.05) is 6.42 Å². The van der Waals surface area contributed by atoms with Gasteiger partial charge in [0.05, 0.1) is 6.07 Å². The molecule has 68 valence electrons. The lowest BCUT2D eigenvalue weighted by atomic mass is 10.2. The Morgan fingerprint density at radius 1 is 1.38 bits per heavy atom. The van der Waals surface area contributed by atoms with Gasteiger partial charge < -0.3 is 0 Å². The zero-order valence-electron chi connectivity index (χ0n) is 8.03. The summed E-state index contributed by atoms with van der Waals surface area (Å²) in [4.78, 5) is 0. The second kappa shape index (κ2) is 8.55. The third-order valence-electron chi connectivity index (χ3n) is 1.40. The molecule has 0 saturated carbocycles. The summed E-state index contributed by atoms with van der Waals surface area (Å²) in [5.74, 6) is 0. The monoisotopic (exact) mass is 173 g/mol. The van der Waals surface area contributed by atoms with Crippen LogP contribution in [0.2, 0.25) is 0 Å². The Morgan fingerprint density at radius 2 is 2.00 bits per heavy atom. The van der Waals surface area contributed by atoms with E-state index in [9.17, 15) is 0 Å². The van der Waals surface area contributed by atoms with Crippen molar-refractivity contribution in [2.24, 2.45) is 0 Å². The highest BCUT2D eigenvalue weighted by Crippen LogP contribution is 1.97. The minimum absolute atomic E-state index is 0.694. The molecule has 1 rings (SSSR count). The third kappa shape index (κ3) is 6.83. The summed E-state index contributed by atoms with van der Waals surface area (Å²) < 4.78 is 0. The topological polar surface area (TPSA) is 23.8 Å². The Hall–Kier alpha value is -1.55. The summed E-state index contributed by atoms with van der Waals surface area (Å²) in [6.07, 6.45) is 3.51. The lowest BCUT2D eigenvalue weighted by molar-refractivity contribution is 0.969. The first-order valence-electron chi connectivity index (χ1n) is 4.39. The number of hydrogen-bond acceptors (Lipinski definition) is 1. The average molecular weight is 173 g/mol. The van der Waals surface area contributed by atoms with Crippen LogP contribution in [0.5, 0.6) is 0 Å². The third-order valence-corrected chi connectivity index (χ3v) is 1.40. The lowest BCUT2D eigenvalue weighted by Crippen LogP contribution is -1.63. The van der Waals surface area contributed by atoms with E-state index in [-0.39, 0.29) is 0 Å². The Kier molecular flexibility index (Phi) is 7.53. The second-order valence-corrected chi connectivity index (χ2v) is 2.52. The molecule has 13 heavy (non-hydrogen) atoms. The zero-order chi connectivity index (χ0) is 9.94. The maximum absolute atomic E-state index is 7.82. The first kappa shape index (κ1) is 11.4. The van der Waals surface area contributed by atoms with Crippen LogP contribution in [-0.4, -0.2) is 0 Å². The highest BCUT2D eigenvalue weighted by atomic mass is 14.2. The second-order valence-electron chi connectivity index (χ2n) is 2.52. The average Bonchev–Trinajstić information content (AvgIpc) is 2.21. The van der Waals surface area contributed by atoms with Crippen molar-refractivity contribution in [2.75, 3.05) is 0 Å². The van der Waals surface area contributed by atoms with E-state index in [1.54, 1.807) is 0 Å². The van der Waals surface area contributed by atoms with E-state index in [1.807, 2.05) is 49.4 Å². The number of hydrogen-bond donors (Lipinski definition) is 0. The molecule has 0 saturated heterocycles. The van der Waals surface area contributed by atoms with Crippen LogP contribution in [-0.2, 0) is 0 Å². The Morgan fingerprint density at radius 3 is 2.23 bits per heavy atom. The molecule has 0 radical (unpaired) electrons. The quantitative estimate of drug-likeness (QED) is 0.669. The smallest absolute Gasteiger partial charge is 0.0621 e. The lowest BCUT2D eigenvalue weighted by Gasteiger charge is -1.85. The molecule has 1 nitrogen and oxygen atoms in total. The van der Waals surface area contributed by atoms with Gasteiger partial charge in [-0.1, -0.05) is 49.9 Å². The zero-order valence-corrected chi connectivity index (χ0v) is 8.03. The fourth-order valence-corrected chi connectivity index (χ4v) is 0.701. The molecule has 0 aromatic heterocycles. The van der Waals surface area contributed by atoms with Crippen molar-refractivity contribution in [1.82, 2.24) is 0 Å². The van der Waals surface area contributed by atoms with Crippen molar-refractivity contribution in [1.29, 1.82) is 5.26 Å². The van der Waals surface area contributed by atoms with E-state index < -0.39 is 0 Å². The molecular formula is C12H15N. The highest BCUT2D eigenvalue weighted by molar-refractivity contribution is 5.45. The number of nitrogens with zero attached hydrogens (tertiary/aromatic N) is 1. The molecule has 0 amide bonds. The van der Waals surface area contributed by atoms with Gasteiger partial charge in [0.15, 0.2) is 0 Å². The van der Waals surface area contributed by atoms with Gasteiger partial charge in [-0.3, -0.25) is 0 Å². The van der Waals surface area contributed by atoms with Gasteiger partial charge >= 0.3 is 0 Å². The minimum Gasteiger partial charge on any atom is -0.198 e. The van der Waals surface area contributed by atoms with Crippen molar-refractivity contribution in [2.45, 2.75) is 19.8 Å². The van der Waals surface area contributed by atoms with Crippen LogP contribution in [0.1, 0.15) is 25.3 Å². The molecule has 0 bridgehead atoms. The van der Waals surface area contributed by atoms with Crippen LogP contribution in [0, 0.1) is 11.3 Å². The molecule has 0 unspecified atom stereocenters. The summed E-state index contributed by atoms with van der Waals surface area (Å²) in [7, 11) is 0. The van der Waals surface area contributed by atoms with Crippen molar-refractivity contribution in [3.63, 3.8) is 0 Å². The first-order valence-corrected chi connectivity index (χ1v) is 4.39. The Bertz CT molecular complexity index is 256. The van der Waals surface area contributed by atoms with E-state index in [2.05, 4.69) is 6.58 Å². The van der Waals surface area contributed by atoms with Crippen LogP contribution >= 0.6 is 0 Å². The van der Waals surface area contributed by atoms with Gasteiger partial charge in [0.1, 0.15) is 0 Å². The first-order chi connectivity index (χ1) is 6.35. The SMILES string of the molecule is C=Cc1ccccc1.CCCC#N. The molecule has 0 aliphatic heterocycles. The van der Waals surface area contributed by atoms with Crippen molar-refractivity contribution in [3.8, 4) is 6.07 Å². The van der Waals surface area contributed by atoms with Crippen LogP contribution in [0.25, 0.3) is 6.08 Å². The number of nitriles is 1. The number of benzene rings is 1. The normalized spacial score (nSPS) is 7.69. The van der Waals surface area contributed by atoms with Crippen LogP contribution in [0.4, 0.5) is 0 Å². The van der Waals surface area contributed by atoms with E-state index in [0.29, 0.717) is 6.42 Å². The summed E-state index contributed by atoms with van der Waals surface area (Å²) in [5, 5.41) is 7.82. The molecule has 0 atom stereocenters. The molecule has 1 aromatic carbocycles. The van der Waals surface area contributed by atoms with Gasteiger partial charge in [-0.2, -0.15) is 5.26 Å². The fourth-order valence-electron chi connectivity index (χ4n) is 0.701. The van der Waals surface area contributed by atoms with E-state index >= 15 is 0 Å². The summed E-state index contributed by atoms with van der Waals surface area (Å²) in [6, 6.07) is 12.0. The molecule has 0 aliphatic rings. The molecule has 0 aliphatic carbocycles. The van der Waals surface area contributed by atoms with Gasteiger partial charge in [-0.25, -0.2) is 0 Å². The van der Waals surface area contributed by atoms with Crippen molar-refractivity contribution >= 4 is 6.08 Å². The molecular weight excluding hydrogens is 158 g/mol. The maximum atomic E-state index is 7.82. The summed E-state index contributed by atoms with van der Waals surface area (Å²) in [5.41, 5.74) is 1.17. The molecule has 0 N–H and O–H groups in total. The molecule has 1 heteroatoms. The van der Waals surface area contributed by atoms with E-state index in [1.165, 1.54) is 5.56 Å². The molecule has 1 aromatic rings. The van der Waals surface area contributed by atoms with E-state index in [0.717, 1.165) is 6.42 Å². The van der Waals surface area contributed by atoms with Gasteiger partial charge in [0.25, 0.3) is 0 Å². The highest BCUT2D eigenvalue weighted by Gasteiger charge is 1.75. The minimum atomic E-state index is 0.694. The number of rotatable bonds is 2. The summed E-state index contributed by atoms with van der Waals surface area (Å²) >= 11 is 0. The van der Waals surface area contributed by atoms with Crippen LogP contribution in [0.3, 0.4) is 0 Å². The molecule has 0 heterocycles.